The maximum absolute atomic E-state index is 12.5. The Balaban J connectivity index is 0.00000156. The molecule has 3 N–H and O–H groups in total. The van der Waals surface area contributed by atoms with E-state index >= 15 is 0 Å². The molecule has 1 unspecified atom stereocenters. The summed E-state index contributed by atoms with van der Waals surface area (Å²) in [6, 6.07) is 9.74. The summed E-state index contributed by atoms with van der Waals surface area (Å²) in [4.78, 5) is 12.5. The molecule has 4 aliphatic carbocycles. The van der Waals surface area contributed by atoms with Crippen molar-refractivity contribution in [1.82, 2.24) is 5.32 Å². The summed E-state index contributed by atoms with van der Waals surface area (Å²) in [5.74, 6) is 2.70. The van der Waals surface area contributed by atoms with Gasteiger partial charge < -0.3 is 11.1 Å². The molecule has 1 amide bonds. The highest BCUT2D eigenvalue weighted by molar-refractivity contribution is 5.85. The van der Waals surface area contributed by atoms with E-state index in [4.69, 9.17) is 5.73 Å². The summed E-state index contributed by atoms with van der Waals surface area (Å²) in [7, 11) is 0. The van der Waals surface area contributed by atoms with E-state index in [2.05, 4.69) is 5.32 Å². The number of carbonyl (C=O) groups excluding carboxylic acids is 1. The van der Waals surface area contributed by atoms with Crippen molar-refractivity contribution in [3.8, 4) is 0 Å². The highest BCUT2D eigenvalue weighted by Crippen LogP contribution is 2.55. The van der Waals surface area contributed by atoms with E-state index < -0.39 is 0 Å². The number of carbonyl (C=O) groups is 1. The molecule has 0 aliphatic heterocycles. The van der Waals surface area contributed by atoms with Crippen molar-refractivity contribution in [3.05, 3.63) is 35.9 Å². The van der Waals surface area contributed by atoms with Crippen LogP contribution in [-0.4, -0.2) is 11.4 Å². The van der Waals surface area contributed by atoms with E-state index in [0.29, 0.717) is 6.42 Å². The number of hydrogen-bond donors (Lipinski definition) is 2. The lowest BCUT2D eigenvalue weighted by atomic mass is 9.53. The Morgan fingerprint density at radius 3 is 2.13 bits per heavy atom. The fourth-order valence-corrected chi connectivity index (χ4v) is 5.63. The number of nitrogens with two attached hydrogens (primary N) is 1. The van der Waals surface area contributed by atoms with Crippen molar-refractivity contribution in [2.75, 3.05) is 0 Å². The summed E-state index contributed by atoms with van der Waals surface area (Å²) in [5.41, 5.74) is 7.35. The molecule has 0 spiro atoms. The molecule has 0 radical (unpaired) electrons. The Labute approximate surface area is 144 Å². The Morgan fingerprint density at radius 2 is 1.61 bits per heavy atom. The Bertz CT molecular complexity index is 524. The van der Waals surface area contributed by atoms with E-state index in [9.17, 15) is 4.79 Å². The molecule has 0 aromatic heterocycles. The molecule has 4 heteroatoms. The van der Waals surface area contributed by atoms with Crippen molar-refractivity contribution in [1.29, 1.82) is 0 Å². The molecular formula is C19H27ClN2O. The van der Waals surface area contributed by atoms with E-state index in [1.165, 1.54) is 38.5 Å². The molecule has 4 aliphatic rings. The summed E-state index contributed by atoms with van der Waals surface area (Å²) in [6.07, 6.45) is 8.20. The molecule has 23 heavy (non-hydrogen) atoms. The van der Waals surface area contributed by atoms with Crippen LogP contribution in [0.2, 0.25) is 0 Å². The molecule has 1 aromatic carbocycles. The number of hydrogen-bond acceptors (Lipinski definition) is 2. The summed E-state index contributed by atoms with van der Waals surface area (Å²) < 4.78 is 0. The second kappa shape index (κ2) is 6.45. The molecule has 4 saturated carbocycles. The molecule has 126 valence electrons. The maximum Gasteiger partial charge on any atom is 0.222 e. The predicted octanol–water partition coefficient (Wildman–Crippen LogP) is 3.58. The Kier molecular flexibility index (Phi) is 4.70. The van der Waals surface area contributed by atoms with Crippen LogP contribution in [0.1, 0.15) is 56.6 Å². The van der Waals surface area contributed by atoms with Crippen molar-refractivity contribution >= 4 is 18.3 Å². The molecule has 5 rings (SSSR count). The molecule has 1 aromatic rings. The number of benzene rings is 1. The fourth-order valence-electron chi connectivity index (χ4n) is 5.63. The molecule has 0 saturated heterocycles. The van der Waals surface area contributed by atoms with Gasteiger partial charge in [0.25, 0.3) is 0 Å². The number of nitrogens with one attached hydrogen (secondary N) is 1. The maximum atomic E-state index is 12.5. The third-order valence-electron chi connectivity index (χ3n) is 6.08. The Morgan fingerprint density at radius 1 is 1.09 bits per heavy atom. The normalized spacial score (nSPS) is 35.4. The van der Waals surface area contributed by atoms with Crippen LogP contribution in [0.4, 0.5) is 0 Å². The minimum Gasteiger partial charge on any atom is -0.351 e. The van der Waals surface area contributed by atoms with Gasteiger partial charge >= 0.3 is 0 Å². The number of amides is 1. The van der Waals surface area contributed by atoms with Crippen LogP contribution < -0.4 is 11.1 Å². The van der Waals surface area contributed by atoms with Gasteiger partial charge in [0, 0.05) is 18.0 Å². The molecule has 4 bridgehead atoms. The SMILES string of the molecule is Cl.NC(CC(=O)NC12CC3CC(CC(C3)C1)C2)c1ccccc1. The lowest BCUT2D eigenvalue weighted by Crippen LogP contribution is -2.60. The average molecular weight is 335 g/mol. The zero-order valence-corrected chi connectivity index (χ0v) is 14.4. The molecule has 1 atom stereocenters. The summed E-state index contributed by atoms with van der Waals surface area (Å²) in [6.45, 7) is 0. The predicted molar refractivity (Wildman–Crippen MR) is 94.3 cm³/mol. The molecular weight excluding hydrogens is 308 g/mol. The van der Waals surface area contributed by atoms with Crippen molar-refractivity contribution in [2.24, 2.45) is 23.5 Å². The van der Waals surface area contributed by atoms with E-state index in [1.54, 1.807) is 0 Å². The topological polar surface area (TPSA) is 55.1 Å². The van der Waals surface area contributed by atoms with Crippen molar-refractivity contribution < 1.29 is 4.79 Å². The van der Waals surface area contributed by atoms with Gasteiger partial charge in [-0.2, -0.15) is 0 Å². The third-order valence-corrected chi connectivity index (χ3v) is 6.08. The van der Waals surface area contributed by atoms with Gasteiger partial charge in [-0.15, -0.1) is 12.4 Å². The number of halogens is 1. The summed E-state index contributed by atoms with van der Waals surface area (Å²) in [5, 5.41) is 3.41. The zero-order valence-electron chi connectivity index (χ0n) is 13.5. The highest BCUT2D eigenvalue weighted by atomic mass is 35.5. The first-order valence-corrected chi connectivity index (χ1v) is 8.73. The molecule has 4 fully saturated rings. The van der Waals surface area contributed by atoms with Crippen molar-refractivity contribution in [2.45, 2.75) is 56.5 Å². The first kappa shape index (κ1) is 16.8. The van der Waals surface area contributed by atoms with Crippen LogP contribution in [0.25, 0.3) is 0 Å². The van der Waals surface area contributed by atoms with Crippen LogP contribution in [0.15, 0.2) is 30.3 Å². The van der Waals surface area contributed by atoms with Gasteiger partial charge in [-0.3, -0.25) is 4.79 Å². The van der Waals surface area contributed by atoms with Gasteiger partial charge in [-0.25, -0.2) is 0 Å². The lowest BCUT2D eigenvalue weighted by molar-refractivity contribution is -0.127. The van der Waals surface area contributed by atoms with Gasteiger partial charge in [0.15, 0.2) is 0 Å². The van der Waals surface area contributed by atoms with Gasteiger partial charge in [0.1, 0.15) is 0 Å². The lowest BCUT2D eigenvalue weighted by Gasteiger charge is -2.57. The largest absolute Gasteiger partial charge is 0.351 e. The van der Waals surface area contributed by atoms with Gasteiger partial charge in [0.05, 0.1) is 0 Å². The molecule has 0 heterocycles. The standard InChI is InChI=1S/C19H26N2O.ClH/c20-17(16-4-2-1-3-5-16)9-18(22)21-19-10-13-6-14(11-19)8-15(7-13)12-19;/h1-5,13-15,17H,6-12,20H2,(H,21,22);1H. The number of rotatable bonds is 4. The minimum absolute atomic E-state index is 0. The summed E-state index contributed by atoms with van der Waals surface area (Å²) >= 11 is 0. The quantitative estimate of drug-likeness (QED) is 0.884. The first-order valence-electron chi connectivity index (χ1n) is 8.73. The minimum atomic E-state index is -0.199. The van der Waals surface area contributed by atoms with Crippen LogP contribution in [0, 0.1) is 17.8 Å². The molecule has 3 nitrogen and oxygen atoms in total. The van der Waals surface area contributed by atoms with E-state index in [1.807, 2.05) is 30.3 Å². The van der Waals surface area contributed by atoms with Crippen LogP contribution >= 0.6 is 12.4 Å². The second-order valence-corrected chi connectivity index (χ2v) is 7.97. The smallest absolute Gasteiger partial charge is 0.222 e. The first-order chi connectivity index (χ1) is 10.6. The third kappa shape index (κ3) is 3.41. The Hall–Kier alpha value is -1.06. The fraction of sp³-hybridized carbons (Fsp3) is 0.632. The van der Waals surface area contributed by atoms with Gasteiger partial charge in [-0.05, 0) is 61.8 Å². The monoisotopic (exact) mass is 334 g/mol. The van der Waals surface area contributed by atoms with Gasteiger partial charge in [-0.1, -0.05) is 30.3 Å². The second-order valence-electron chi connectivity index (χ2n) is 7.97. The van der Waals surface area contributed by atoms with Crippen molar-refractivity contribution in [3.63, 3.8) is 0 Å². The van der Waals surface area contributed by atoms with Gasteiger partial charge in [0.2, 0.25) is 5.91 Å². The van der Waals surface area contributed by atoms with E-state index in [0.717, 1.165) is 23.3 Å². The average Bonchev–Trinajstić information content (AvgIpc) is 2.45. The van der Waals surface area contributed by atoms with E-state index in [-0.39, 0.29) is 29.9 Å². The van der Waals surface area contributed by atoms with Crippen LogP contribution in [-0.2, 0) is 4.79 Å². The van der Waals surface area contributed by atoms with Crippen LogP contribution in [0.3, 0.4) is 0 Å². The zero-order chi connectivity index (χ0) is 15.2. The highest BCUT2D eigenvalue weighted by Gasteiger charge is 2.51. The van der Waals surface area contributed by atoms with Crippen LogP contribution in [0.5, 0.6) is 0 Å².